The van der Waals surface area contributed by atoms with Gasteiger partial charge in [-0.1, -0.05) is 41.5 Å². The normalized spacial score (nSPS) is 10.7. The van der Waals surface area contributed by atoms with Gasteiger partial charge < -0.3 is 8.83 Å². The van der Waals surface area contributed by atoms with E-state index in [0.29, 0.717) is 16.7 Å². The van der Waals surface area contributed by atoms with Crippen molar-refractivity contribution in [3.8, 4) is 11.5 Å². The average molecular weight is 332 g/mol. The number of hydrogen-bond acceptors (Lipinski definition) is 6. The fourth-order valence-electron chi connectivity index (χ4n) is 2.38. The maximum Gasteiger partial charge on any atom is 0.322 e. The van der Waals surface area contributed by atoms with E-state index in [0.717, 1.165) is 5.39 Å². The molecular weight excluding hydrogens is 320 g/mol. The first-order valence-corrected chi connectivity index (χ1v) is 7.48. The van der Waals surface area contributed by atoms with Crippen LogP contribution in [0.2, 0.25) is 0 Å². The number of benzene rings is 2. The van der Waals surface area contributed by atoms with Crippen LogP contribution in [-0.2, 0) is 0 Å². The van der Waals surface area contributed by atoms with Gasteiger partial charge in [0, 0.05) is 10.9 Å². The zero-order valence-electron chi connectivity index (χ0n) is 12.9. The van der Waals surface area contributed by atoms with E-state index in [1.165, 1.54) is 0 Å². The van der Waals surface area contributed by atoms with Gasteiger partial charge in [-0.15, -0.1) is 5.10 Å². The van der Waals surface area contributed by atoms with Gasteiger partial charge in [0.1, 0.15) is 11.1 Å². The molecule has 0 aliphatic rings. The van der Waals surface area contributed by atoms with Gasteiger partial charge in [0.05, 0.1) is 0 Å². The summed E-state index contributed by atoms with van der Waals surface area (Å²) in [5.74, 6) is -0.257. The number of para-hydroxylation sites is 1. The van der Waals surface area contributed by atoms with Gasteiger partial charge in [0.15, 0.2) is 0 Å². The Hall–Kier alpha value is -3.74. The summed E-state index contributed by atoms with van der Waals surface area (Å²) in [5.41, 5.74) is 1.33. The number of nitrogens with zero attached hydrogens (tertiary/aromatic N) is 2. The van der Waals surface area contributed by atoms with Crippen LogP contribution in [0.4, 0.5) is 6.01 Å². The lowest BCUT2D eigenvalue weighted by Gasteiger charge is -2.00. The molecule has 7 nitrogen and oxygen atoms in total. The van der Waals surface area contributed by atoms with Crippen LogP contribution in [0.15, 0.2) is 69.5 Å². The van der Waals surface area contributed by atoms with E-state index < -0.39 is 0 Å². The monoisotopic (exact) mass is 332 g/mol. The summed E-state index contributed by atoms with van der Waals surface area (Å²) in [6, 6.07) is 17.7. The summed E-state index contributed by atoms with van der Waals surface area (Å²) >= 11 is 0. The number of rotatable bonds is 3. The van der Waals surface area contributed by atoms with Crippen LogP contribution in [0.1, 0.15) is 10.4 Å². The quantitative estimate of drug-likeness (QED) is 0.599. The summed E-state index contributed by atoms with van der Waals surface area (Å²) < 4.78 is 10.9. The van der Waals surface area contributed by atoms with Crippen LogP contribution in [0.25, 0.3) is 22.4 Å². The molecule has 0 aliphatic carbocycles. The minimum atomic E-state index is -0.356. The highest BCUT2D eigenvalue weighted by atomic mass is 16.4. The lowest BCUT2D eigenvalue weighted by atomic mass is 10.2. The summed E-state index contributed by atoms with van der Waals surface area (Å²) in [6.07, 6.45) is 0. The SMILES string of the molecule is N=c1oc2ccccc2cc1-c1nnc(NC(=O)c2ccccc2)o1. The molecule has 0 saturated carbocycles. The van der Waals surface area contributed by atoms with Gasteiger partial charge in [0.25, 0.3) is 11.8 Å². The third-order valence-electron chi connectivity index (χ3n) is 3.59. The minimum Gasteiger partial charge on any atom is -0.438 e. The highest BCUT2D eigenvalue weighted by Gasteiger charge is 2.15. The smallest absolute Gasteiger partial charge is 0.322 e. The molecule has 0 aliphatic heterocycles. The van der Waals surface area contributed by atoms with E-state index in [-0.39, 0.29) is 23.4 Å². The summed E-state index contributed by atoms with van der Waals surface area (Å²) in [6.45, 7) is 0. The second-order valence-electron chi connectivity index (χ2n) is 5.26. The van der Waals surface area contributed by atoms with Crippen LogP contribution in [0.5, 0.6) is 0 Å². The van der Waals surface area contributed by atoms with Crippen molar-refractivity contribution in [3.05, 3.63) is 71.8 Å². The Bertz CT molecular complexity index is 1120. The molecule has 0 atom stereocenters. The zero-order valence-corrected chi connectivity index (χ0v) is 12.9. The van der Waals surface area contributed by atoms with Gasteiger partial charge in [-0.05, 0) is 24.3 Å². The Morgan fingerprint density at radius 1 is 0.960 bits per heavy atom. The van der Waals surface area contributed by atoms with Crippen LogP contribution in [0.3, 0.4) is 0 Å². The Morgan fingerprint density at radius 3 is 2.56 bits per heavy atom. The van der Waals surface area contributed by atoms with Gasteiger partial charge in [-0.2, -0.15) is 0 Å². The lowest BCUT2D eigenvalue weighted by molar-refractivity contribution is 0.102. The molecule has 4 aromatic rings. The maximum atomic E-state index is 12.1. The van der Waals surface area contributed by atoms with E-state index in [2.05, 4.69) is 15.5 Å². The fourth-order valence-corrected chi connectivity index (χ4v) is 2.38. The molecule has 2 heterocycles. The second kappa shape index (κ2) is 6.04. The van der Waals surface area contributed by atoms with Crippen molar-refractivity contribution in [2.45, 2.75) is 0 Å². The van der Waals surface area contributed by atoms with E-state index >= 15 is 0 Å². The van der Waals surface area contributed by atoms with Crippen molar-refractivity contribution in [2.24, 2.45) is 0 Å². The molecule has 122 valence electrons. The van der Waals surface area contributed by atoms with Crippen molar-refractivity contribution in [1.82, 2.24) is 10.2 Å². The molecule has 0 unspecified atom stereocenters. The predicted octanol–water partition coefficient (Wildman–Crippen LogP) is 3.21. The third-order valence-corrected chi connectivity index (χ3v) is 3.59. The Balaban J connectivity index is 1.64. The predicted molar refractivity (Wildman–Crippen MR) is 89.8 cm³/mol. The molecule has 0 fully saturated rings. The molecule has 0 spiro atoms. The molecule has 2 aromatic heterocycles. The van der Waals surface area contributed by atoms with E-state index in [1.807, 2.05) is 24.3 Å². The van der Waals surface area contributed by atoms with Gasteiger partial charge in [-0.25, -0.2) is 0 Å². The van der Waals surface area contributed by atoms with E-state index in [9.17, 15) is 4.79 Å². The van der Waals surface area contributed by atoms with Crippen molar-refractivity contribution in [2.75, 3.05) is 5.32 Å². The highest BCUT2D eigenvalue weighted by molar-refractivity contribution is 6.03. The molecule has 4 rings (SSSR count). The van der Waals surface area contributed by atoms with Gasteiger partial charge in [-0.3, -0.25) is 15.5 Å². The summed E-state index contributed by atoms with van der Waals surface area (Å²) in [7, 11) is 0. The summed E-state index contributed by atoms with van der Waals surface area (Å²) in [5, 5.41) is 19.0. The second-order valence-corrected chi connectivity index (χ2v) is 5.26. The van der Waals surface area contributed by atoms with E-state index in [4.69, 9.17) is 14.2 Å². The molecule has 7 heteroatoms. The Labute approximate surface area is 141 Å². The highest BCUT2D eigenvalue weighted by Crippen LogP contribution is 2.21. The number of carbonyl (C=O) groups is 1. The Morgan fingerprint density at radius 2 is 1.72 bits per heavy atom. The zero-order chi connectivity index (χ0) is 17.2. The standard InChI is InChI=1S/C18H12N4O3/c19-15-13(10-12-8-4-5-9-14(12)24-15)17-21-22-18(25-17)20-16(23)11-6-2-1-3-7-11/h1-10,19H,(H,20,22,23). The molecule has 2 N–H and O–H groups in total. The number of fused-ring (bicyclic) bond motifs is 1. The first-order valence-electron chi connectivity index (χ1n) is 7.48. The van der Waals surface area contributed by atoms with Crippen molar-refractivity contribution >= 4 is 22.9 Å². The van der Waals surface area contributed by atoms with Crippen molar-refractivity contribution in [1.29, 1.82) is 5.41 Å². The average Bonchev–Trinajstić information content (AvgIpc) is 3.10. The van der Waals surface area contributed by atoms with Crippen LogP contribution in [0, 0.1) is 5.41 Å². The molecule has 2 aromatic carbocycles. The largest absolute Gasteiger partial charge is 0.438 e. The number of carbonyl (C=O) groups excluding carboxylic acids is 1. The lowest BCUT2D eigenvalue weighted by Crippen LogP contribution is -2.11. The molecule has 1 amide bonds. The number of anilines is 1. The number of aromatic nitrogens is 2. The molecule has 0 radical (unpaired) electrons. The van der Waals surface area contributed by atoms with Crippen LogP contribution < -0.4 is 10.9 Å². The van der Waals surface area contributed by atoms with Crippen LogP contribution >= 0.6 is 0 Å². The molecule has 0 bridgehead atoms. The fraction of sp³-hybridized carbons (Fsp3) is 0. The van der Waals surface area contributed by atoms with E-state index in [1.54, 1.807) is 36.4 Å². The molecular formula is C18H12N4O3. The maximum absolute atomic E-state index is 12.1. The van der Waals surface area contributed by atoms with Crippen LogP contribution in [-0.4, -0.2) is 16.1 Å². The molecule has 25 heavy (non-hydrogen) atoms. The number of nitrogens with one attached hydrogen (secondary N) is 2. The first-order chi connectivity index (χ1) is 12.2. The number of amides is 1. The minimum absolute atomic E-state index is 0.0450. The van der Waals surface area contributed by atoms with Gasteiger partial charge >= 0.3 is 6.01 Å². The third kappa shape index (κ3) is 2.90. The molecule has 0 saturated heterocycles. The topological polar surface area (TPSA) is 105 Å². The number of hydrogen-bond donors (Lipinski definition) is 2. The van der Waals surface area contributed by atoms with Crippen molar-refractivity contribution in [3.63, 3.8) is 0 Å². The summed E-state index contributed by atoms with van der Waals surface area (Å²) in [4.78, 5) is 12.1. The Kier molecular flexibility index (Phi) is 3.59. The first kappa shape index (κ1) is 14.8. The van der Waals surface area contributed by atoms with Crippen molar-refractivity contribution < 1.29 is 13.6 Å². The van der Waals surface area contributed by atoms with Gasteiger partial charge in [0.2, 0.25) is 5.55 Å².